The smallest absolute Gasteiger partial charge is 0.309 e. The summed E-state index contributed by atoms with van der Waals surface area (Å²) in [4.78, 5) is 0. The van der Waals surface area contributed by atoms with E-state index in [0.717, 1.165) is 5.56 Å². The van der Waals surface area contributed by atoms with Crippen LogP contribution in [0.3, 0.4) is 0 Å². The molecule has 1 unspecified atom stereocenters. The zero-order chi connectivity index (χ0) is 15.9. The van der Waals surface area contributed by atoms with Crippen molar-refractivity contribution in [3.8, 4) is 0 Å². The molecule has 21 heavy (non-hydrogen) atoms. The van der Waals surface area contributed by atoms with Gasteiger partial charge in [-0.1, -0.05) is 62.1 Å². The fourth-order valence-electron chi connectivity index (χ4n) is 2.19. The van der Waals surface area contributed by atoms with Crippen LogP contribution in [0.15, 0.2) is 36.4 Å². The van der Waals surface area contributed by atoms with E-state index >= 15 is 0 Å². The molecule has 1 atom stereocenters. The Hall–Kier alpha value is -0.673. The maximum atomic E-state index is 13.1. The second kappa shape index (κ2) is 8.09. The van der Waals surface area contributed by atoms with Gasteiger partial charge in [0, 0.05) is 0 Å². The largest absolute Gasteiger partial charge is 0.334 e. The predicted octanol–water partition coefficient (Wildman–Crippen LogP) is 5.21. The van der Waals surface area contributed by atoms with Crippen molar-refractivity contribution in [2.45, 2.75) is 38.8 Å². The molecule has 1 aromatic rings. The molecule has 0 heterocycles. The molecule has 3 nitrogen and oxygen atoms in total. The van der Waals surface area contributed by atoms with Crippen molar-refractivity contribution in [2.75, 3.05) is 13.2 Å². The quantitative estimate of drug-likeness (QED) is 0.486. The highest BCUT2D eigenvalue weighted by atomic mass is 31.2. The molecular weight excluding hydrogens is 299 g/mol. The first-order chi connectivity index (χ1) is 9.83. The lowest BCUT2D eigenvalue weighted by molar-refractivity contribution is 0.220. The van der Waals surface area contributed by atoms with Crippen molar-refractivity contribution in [1.29, 1.82) is 0 Å². The molecule has 0 fully saturated rings. The minimum Gasteiger partial charge on any atom is -0.309 e. The Bertz CT molecular complexity index is 484. The first-order valence-corrected chi connectivity index (χ1v) is 12.6. The summed E-state index contributed by atoms with van der Waals surface area (Å²) in [6.07, 6.45) is 4.04. The molecule has 0 bridgehead atoms. The average Bonchev–Trinajstić information content (AvgIpc) is 2.39. The van der Waals surface area contributed by atoms with Crippen LogP contribution in [-0.4, -0.2) is 26.6 Å². The first kappa shape index (κ1) is 18.4. The lowest BCUT2D eigenvalue weighted by atomic mass is 10.2. The number of benzene rings is 1. The summed E-state index contributed by atoms with van der Waals surface area (Å²) in [5.74, 6) is 0. The van der Waals surface area contributed by atoms with Gasteiger partial charge in [0.05, 0.1) is 26.6 Å². The number of rotatable bonds is 8. The molecule has 0 saturated carbocycles. The van der Waals surface area contributed by atoms with Gasteiger partial charge in [0.1, 0.15) is 0 Å². The lowest BCUT2D eigenvalue weighted by Gasteiger charge is -2.32. The van der Waals surface area contributed by atoms with Crippen LogP contribution in [0.1, 0.15) is 19.4 Å². The normalized spacial score (nSPS) is 14.5. The van der Waals surface area contributed by atoms with Gasteiger partial charge in [0.25, 0.3) is 0 Å². The zero-order valence-electron chi connectivity index (χ0n) is 13.7. The summed E-state index contributed by atoms with van der Waals surface area (Å²) in [6.45, 7) is 11.1. The van der Waals surface area contributed by atoms with Gasteiger partial charge >= 0.3 is 7.60 Å². The van der Waals surface area contributed by atoms with Crippen molar-refractivity contribution in [1.82, 2.24) is 0 Å². The highest BCUT2D eigenvalue weighted by Crippen LogP contribution is 2.56. The second-order valence-corrected chi connectivity index (χ2v) is 13.9. The molecule has 1 aromatic carbocycles. The van der Waals surface area contributed by atoms with Crippen LogP contribution in [0.4, 0.5) is 0 Å². The van der Waals surface area contributed by atoms with E-state index in [1.807, 2.05) is 56.3 Å². The van der Waals surface area contributed by atoms with Gasteiger partial charge in [-0.2, -0.15) is 0 Å². The molecule has 0 spiro atoms. The van der Waals surface area contributed by atoms with E-state index in [1.54, 1.807) is 0 Å². The van der Waals surface area contributed by atoms with E-state index in [-0.39, 0.29) is 5.28 Å². The molecule has 0 N–H and O–H groups in total. The summed E-state index contributed by atoms with van der Waals surface area (Å²) in [6, 6.07) is 10.0. The molecule has 0 saturated heterocycles. The molecule has 5 heteroatoms. The Morgan fingerprint density at radius 2 is 1.62 bits per heavy atom. The van der Waals surface area contributed by atoms with E-state index in [4.69, 9.17) is 9.05 Å². The van der Waals surface area contributed by atoms with E-state index in [2.05, 4.69) is 19.6 Å². The topological polar surface area (TPSA) is 35.5 Å². The summed E-state index contributed by atoms with van der Waals surface area (Å²) in [5.41, 5.74) is 1.10. The van der Waals surface area contributed by atoms with Crippen molar-refractivity contribution in [3.63, 3.8) is 0 Å². The van der Waals surface area contributed by atoms with Crippen molar-refractivity contribution in [3.05, 3.63) is 42.0 Å². The van der Waals surface area contributed by atoms with Gasteiger partial charge in [-0.3, -0.25) is 4.57 Å². The van der Waals surface area contributed by atoms with Crippen molar-refractivity contribution >= 4 is 21.7 Å². The van der Waals surface area contributed by atoms with E-state index in [1.165, 1.54) is 0 Å². The molecule has 1 rings (SSSR count). The number of hydrogen-bond acceptors (Lipinski definition) is 3. The Morgan fingerprint density at radius 1 is 1.10 bits per heavy atom. The number of allylic oxidation sites excluding steroid dienone is 1. The van der Waals surface area contributed by atoms with E-state index < -0.39 is 15.7 Å². The van der Waals surface area contributed by atoms with Gasteiger partial charge in [0.2, 0.25) is 0 Å². The summed E-state index contributed by atoms with van der Waals surface area (Å²) in [5, 5.41) is -0.148. The Labute approximate surface area is 129 Å². The summed E-state index contributed by atoms with van der Waals surface area (Å²) >= 11 is 0. The maximum absolute atomic E-state index is 13.1. The molecule has 0 aliphatic rings. The summed E-state index contributed by atoms with van der Waals surface area (Å²) in [7, 11) is -4.86. The highest BCUT2D eigenvalue weighted by molar-refractivity contribution is 7.58. The van der Waals surface area contributed by atoms with Crippen molar-refractivity contribution in [2.24, 2.45) is 0 Å². The standard InChI is InChI=1S/C16H27O3PSi/c1-6-18-20(17,19-7-2)16(21(3,4)5)14-13-15-11-9-8-10-12-15/h8-14,16H,6-7H2,1-5H3/b14-13+. The van der Waals surface area contributed by atoms with Crippen LogP contribution in [0.2, 0.25) is 19.6 Å². The van der Waals surface area contributed by atoms with Crippen LogP contribution in [-0.2, 0) is 13.6 Å². The Morgan fingerprint density at radius 3 is 2.05 bits per heavy atom. The molecule has 0 radical (unpaired) electrons. The molecule has 118 valence electrons. The zero-order valence-corrected chi connectivity index (χ0v) is 15.6. The fourth-order valence-corrected chi connectivity index (χ4v) is 8.52. The van der Waals surface area contributed by atoms with Crippen LogP contribution in [0.25, 0.3) is 6.08 Å². The third-order valence-electron chi connectivity index (χ3n) is 3.12. The third kappa shape index (κ3) is 5.55. The van der Waals surface area contributed by atoms with Gasteiger partial charge in [0.15, 0.2) is 0 Å². The minimum absolute atomic E-state index is 0.148. The van der Waals surface area contributed by atoms with Crippen LogP contribution in [0, 0.1) is 0 Å². The van der Waals surface area contributed by atoms with Crippen LogP contribution < -0.4 is 0 Å². The van der Waals surface area contributed by atoms with Gasteiger partial charge in [-0.25, -0.2) is 0 Å². The molecular formula is C16H27O3PSi. The molecule has 0 aliphatic heterocycles. The SMILES string of the molecule is CCOP(=O)(OCC)C(/C=C/c1ccccc1)[Si](C)(C)C. The van der Waals surface area contributed by atoms with E-state index in [0.29, 0.717) is 13.2 Å². The van der Waals surface area contributed by atoms with Gasteiger partial charge < -0.3 is 9.05 Å². The monoisotopic (exact) mass is 326 g/mol. The third-order valence-corrected chi connectivity index (χ3v) is 10.4. The lowest BCUT2D eigenvalue weighted by Crippen LogP contribution is -2.37. The molecule has 0 aliphatic carbocycles. The predicted molar refractivity (Wildman–Crippen MR) is 93.5 cm³/mol. The van der Waals surface area contributed by atoms with Crippen LogP contribution >= 0.6 is 7.60 Å². The van der Waals surface area contributed by atoms with Crippen LogP contribution in [0.5, 0.6) is 0 Å². The first-order valence-electron chi connectivity index (χ1n) is 7.45. The highest BCUT2D eigenvalue weighted by Gasteiger charge is 2.42. The minimum atomic E-state index is -3.11. The fraction of sp³-hybridized carbons (Fsp3) is 0.500. The van der Waals surface area contributed by atoms with Crippen molar-refractivity contribution < 1.29 is 13.6 Å². The Kier molecular flexibility index (Phi) is 7.08. The Balaban J connectivity index is 3.11. The number of hydrogen-bond donors (Lipinski definition) is 0. The van der Waals surface area contributed by atoms with Gasteiger partial charge in [-0.15, -0.1) is 0 Å². The van der Waals surface area contributed by atoms with Gasteiger partial charge in [-0.05, 0) is 19.4 Å². The maximum Gasteiger partial charge on any atom is 0.334 e. The molecule has 0 aromatic heterocycles. The average molecular weight is 326 g/mol. The summed E-state index contributed by atoms with van der Waals surface area (Å²) < 4.78 is 24.2. The molecule has 0 amide bonds. The van der Waals surface area contributed by atoms with E-state index in [9.17, 15) is 4.57 Å². The second-order valence-electron chi connectivity index (χ2n) is 5.96.